The van der Waals surface area contributed by atoms with Gasteiger partial charge < -0.3 is 15.0 Å². The summed E-state index contributed by atoms with van der Waals surface area (Å²) < 4.78 is 6.66. The Morgan fingerprint density at radius 1 is 1.31 bits per heavy atom. The number of aromatic nitrogens is 4. The molecule has 0 spiro atoms. The number of aryl methyl sites for hydroxylation is 1. The number of hydrogen-bond donors (Lipinski definition) is 3. The number of fused-ring (bicyclic) bond motifs is 1. The highest BCUT2D eigenvalue weighted by Gasteiger charge is 2.39. The van der Waals surface area contributed by atoms with E-state index in [1.165, 1.54) is 0 Å². The molecule has 0 saturated heterocycles. The zero-order valence-corrected chi connectivity index (χ0v) is 15.5. The molecule has 2 aromatic heterocycles. The third kappa shape index (κ3) is 2.93. The van der Waals surface area contributed by atoms with Gasteiger partial charge in [-0.15, -0.1) is 0 Å². The van der Waals surface area contributed by atoms with Crippen molar-refractivity contribution in [3.8, 4) is 0 Å². The van der Waals surface area contributed by atoms with Crippen molar-refractivity contribution in [3.63, 3.8) is 0 Å². The van der Waals surface area contributed by atoms with Gasteiger partial charge in [-0.3, -0.25) is 14.5 Å². The van der Waals surface area contributed by atoms with E-state index in [0.717, 1.165) is 11.3 Å². The summed E-state index contributed by atoms with van der Waals surface area (Å²) in [6.45, 7) is 7.94. The number of imidazole rings is 1. The van der Waals surface area contributed by atoms with Crippen molar-refractivity contribution in [2.75, 3.05) is 11.9 Å². The summed E-state index contributed by atoms with van der Waals surface area (Å²) in [6.07, 6.45) is 0.0992. The third-order valence-electron chi connectivity index (χ3n) is 4.37. The Morgan fingerprint density at radius 3 is 2.62 bits per heavy atom. The highest BCUT2D eigenvalue weighted by molar-refractivity contribution is 5.96. The second-order valence-corrected chi connectivity index (χ2v) is 7.38. The van der Waals surface area contributed by atoms with E-state index >= 15 is 0 Å². The van der Waals surface area contributed by atoms with Crippen LogP contribution in [0.15, 0.2) is 4.79 Å². The lowest BCUT2D eigenvalue weighted by atomic mass is 9.81. The molecule has 1 atom stereocenters. The van der Waals surface area contributed by atoms with Gasteiger partial charge in [-0.1, -0.05) is 20.8 Å². The van der Waals surface area contributed by atoms with Crippen LogP contribution in [0.1, 0.15) is 67.5 Å². The molecule has 0 radical (unpaired) electrons. The van der Waals surface area contributed by atoms with Gasteiger partial charge >= 0.3 is 11.7 Å². The van der Waals surface area contributed by atoms with E-state index in [4.69, 9.17) is 4.74 Å². The largest absolute Gasteiger partial charge is 0.461 e. The average molecular weight is 361 g/mol. The van der Waals surface area contributed by atoms with Crippen LogP contribution in [0.2, 0.25) is 0 Å². The Labute approximate surface area is 150 Å². The number of carbonyl (C=O) groups is 2. The first-order chi connectivity index (χ1) is 12.1. The van der Waals surface area contributed by atoms with Gasteiger partial charge in [0.2, 0.25) is 5.91 Å². The summed E-state index contributed by atoms with van der Waals surface area (Å²) in [7, 11) is 1.75. The van der Waals surface area contributed by atoms with Crippen LogP contribution in [0.25, 0.3) is 0 Å². The van der Waals surface area contributed by atoms with Crippen LogP contribution >= 0.6 is 0 Å². The molecule has 3 heterocycles. The first-order valence-electron chi connectivity index (χ1n) is 8.50. The summed E-state index contributed by atoms with van der Waals surface area (Å²) in [6, 6.07) is 0. The topological polar surface area (TPSA) is 122 Å². The highest BCUT2D eigenvalue weighted by Crippen LogP contribution is 2.42. The summed E-state index contributed by atoms with van der Waals surface area (Å²) in [5.74, 6) is -0.759. The van der Waals surface area contributed by atoms with Crippen LogP contribution in [0, 0.1) is 0 Å². The van der Waals surface area contributed by atoms with Gasteiger partial charge in [0, 0.05) is 30.4 Å². The maximum Gasteiger partial charge on any atom is 0.356 e. The molecule has 26 heavy (non-hydrogen) atoms. The van der Waals surface area contributed by atoms with Crippen LogP contribution in [0.4, 0.5) is 5.82 Å². The first-order valence-corrected chi connectivity index (χ1v) is 8.50. The van der Waals surface area contributed by atoms with E-state index in [-0.39, 0.29) is 30.0 Å². The van der Waals surface area contributed by atoms with Gasteiger partial charge in [0.25, 0.3) is 0 Å². The average Bonchev–Trinajstić information content (AvgIpc) is 3.08. The fourth-order valence-corrected chi connectivity index (χ4v) is 3.31. The molecule has 0 aromatic carbocycles. The van der Waals surface area contributed by atoms with Gasteiger partial charge in [0.1, 0.15) is 11.5 Å². The van der Waals surface area contributed by atoms with E-state index in [1.807, 2.05) is 20.8 Å². The molecule has 140 valence electrons. The Kier molecular flexibility index (Phi) is 4.25. The fourth-order valence-electron chi connectivity index (χ4n) is 3.31. The molecule has 0 aliphatic carbocycles. The zero-order valence-electron chi connectivity index (χ0n) is 15.5. The quantitative estimate of drug-likeness (QED) is 0.713. The van der Waals surface area contributed by atoms with E-state index < -0.39 is 17.6 Å². The van der Waals surface area contributed by atoms with Crippen molar-refractivity contribution >= 4 is 17.7 Å². The SMILES string of the molecule is CCOC(=O)c1[nH]c(=O)[nH]c1[C@@H]1CC(=O)Nc2c1c(C(C)(C)C)nn2C. The van der Waals surface area contributed by atoms with Crippen molar-refractivity contribution in [1.29, 1.82) is 0 Å². The minimum Gasteiger partial charge on any atom is -0.461 e. The molecule has 1 aliphatic heterocycles. The lowest BCUT2D eigenvalue weighted by Gasteiger charge is -2.26. The fraction of sp³-hybridized carbons (Fsp3) is 0.529. The first kappa shape index (κ1) is 18.0. The number of hydrogen-bond acceptors (Lipinski definition) is 5. The molecule has 3 N–H and O–H groups in total. The van der Waals surface area contributed by atoms with Crippen LogP contribution < -0.4 is 11.0 Å². The molecule has 0 fully saturated rings. The molecule has 0 bridgehead atoms. The number of anilines is 1. The van der Waals surface area contributed by atoms with Crippen molar-refractivity contribution in [1.82, 2.24) is 19.7 Å². The predicted octanol–water partition coefficient (Wildman–Crippen LogP) is 1.38. The van der Waals surface area contributed by atoms with Crippen molar-refractivity contribution in [2.45, 2.75) is 45.4 Å². The second kappa shape index (κ2) is 6.15. The molecular weight excluding hydrogens is 338 g/mol. The summed E-state index contributed by atoms with van der Waals surface area (Å²) in [5, 5.41) is 7.42. The Bertz CT molecular complexity index is 928. The zero-order chi connectivity index (χ0) is 19.2. The number of ether oxygens (including phenoxy) is 1. The summed E-state index contributed by atoms with van der Waals surface area (Å²) in [5.41, 5.74) is 1.20. The minimum absolute atomic E-state index is 0.0474. The van der Waals surface area contributed by atoms with Gasteiger partial charge in [0.15, 0.2) is 0 Å². The number of aromatic amines is 2. The molecule has 3 rings (SSSR count). The molecule has 0 unspecified atom stereocenters. The number of rotatable bonds is 3. The molecule has 2 aromatic rings. The van der Waals surface area contributed by atoms with Crippen LogP contribution in [0.3, 0.4) is 0 Å². The van der Waals surface area contributed by atoms with E-state index in [2.05, 4.69) is 20.4 Å². The molecule has 9 nitrogen and oxygen atoms in total. The number of carbonyl (C=O) groups excluding carboxylic acids is 2. The monoisotopic (exact) mass is 361 g/mol. The Balaban J connectivity index is 2.22. The standard InChI is InChI=1S/C17H23N5O4/c1-6-26-15(24)12-11(19-16(25)20-12)8-7-9(23)18-14-10(8)13(17(2,3)4)21-22(14)5/h8H,6-7H2,1-5H3,(H,18,23)(H2,19,20,25)/t8-/m1/s1. The molecule has 1 aliphatic rings. The Hall–Kier alpha value is -2.84. The van der Waals surface area contributed by atoms with Crippen molar-refractivity contribution in [3.05, 3.63) is 33.1 Å². The maximum absolute atomic E-state index is 12.3. The predicted molar refractivity (Wildman–Crippen MR) is 94.4 cm³/mol. The van der Waals surface area contributed by atoms with Gasteiger partial charge in [-0.2, -0.15) is 5.10 Å². The molecule has 0 saturated carbocycles. The van der Waals surface area contributed by atoms with Gasteiger partial charge in [0.05, 0.1) is 18.0 Å². The van der Waals surface area contributed by atoms with E-state index in [9.17, 15) is 14.4 Å². The third-order valence-corrected chi connectivity index (χ3v) is 4.37. The van der Waals surface area contributed by atoms with Crippen molar-refractivity contribution in [2.24, 2.45) is 7.05 Å². The number of amides is 1. The molecule has 1 amide bonds. The van der Waals surface area contributed by atoms with Crippen LogP contribution in [-0.2, 0) is 22.0 Å². The number of H-pyrrole nitrogens is 2. The highest BCUT2D eigenvalue weighted by atomic mass is 16.5. The Morgan fingerprint density at radius 2 is 2.00 bits per heavy atom. The number of nitrogens with one attached hydrogen (secondary N) is 3. The lowest BCUT2D eigenvalue weighted by molar-refractivity contribution is -0.116. The van der Waals surface area contributed by atoms with Crippen LogP contribution in [-0.4, -0.2) is 38.2 Å². The lowest BCUT2D eigenvalue weighted by Crippen LogP contribution is -2.27. The van der Waals surface area contributed by atoms with Gasteiger partial charge in [-0.05, 0) is 6.92 Å². The summed E-state index contributed by atoms with van der Waals surface area (Å²) >= 11 is 0. The molecule has 9 heteroatoms. The van der Waals surface area contributed by atoms with Gasteiger partial charge in [-0.25, -0.2) is 9.59 Å². The minimum atomic E-state index is -0.630. The molecular formula is C17H23N5O4. The smallest absolute Gasteiger partial charge is 0.356 e. The van der Waals surface area contributed by atoms with Crippen molar-refractivity contribution < 1.29 is 14.3 Å². The summed E-state index contributed by atoms with van der Waals surface area (Å²) in [4.78, 5) is 41.6. The second-order valence-electron chi connectivity index (χ2n) is 7.38. The maximum atomic E-state index is 12.3. The number of esters is 1. The van der Waals surface area contributed by atoms with E-state index in [1.54, 1.807) is 18.7 Å². The number of nitrogens with zero attached hydrogens (tertiary/aromatic N) is 2. The van der Waals surface area contributed by atoms with E-state index in [0.29, 0.717) is 11.5 Å². The normalized spacial score (nSPS) is 17.0. The van der Waals surface area contributed by atoms with Crippen LogP contribution in [0.5, 0.6) is 0 Å².